The van der Waals surface area contributed by atoms with E-state index in [1.807, 2.05) is 18.3 Å². The second kappa shape index (κ2) is 9.02. The number of rotatable bonds is 6. The van der Waals surface area contributed by atoms with Crippen LogP contribution in [-0.2, 0) is 6.54 Å². The smallest absolute Gasteiger partial charge is 0.0737 e. The number of pyridine rings is 1. The highest BCUT2D eigenvalue weighted by Gasteiger charge is 2.21. The van der Waals surface area contributed by atoms with E-state index in [2.05, 4.69) is 71.0 Å². The fourth-order valence-electron chi connectivity index (χ4n) is 4.08. The third-order valence-corrected chi connectivity index (χ3v) is 6.07. The van der Waals surface area contributed by atoms with Gasteiger partial charge in [-0.2, -0.15) is 0 Å². The standard InChI is InChI=1S/C24H29ClN4/c1-29(2)21-10-3-17(4-11-21)16-27-19-6-8-20(9-7-19)28-23-13-14-26-24-15-18(25)5-12-22(23)24/h3-5,10-15,19-20,27H,6-9,16H2,1-2H3,(H,26,28). The van der Waals surface area contributed by atoms with Gasteiger partial charge in [0.2, 0.25) is 0 Å². The Morgan fingerprint density at radius 3 is 2.41 bits per heavy atom. The van der Waals surface area contributed by atoms with Gasteiger partial charge in [0, 0.05) is 60.7 Å². The average molecular weight is 409 g/mol. The van der Waals surface area contributed by atoms with Crippen LogP contribution in [0.4, 0.5) is 11.4 Å². The first kappa shape index (κ1) is 20.0. The van der Waals surface area contributed by atoms with Crippen LogP contribution >= 0.6 is 11.6 Å². The lowest BCUT2D eigenvalue weighted by Gasteiger charge is -2.30. The first-order valence-corrected chi connectivity index (χ1v) is 10.8. The van der Waals surface area contributed by atoms with Crippen molar-refractivity contribution in [1.29, 1.82) is 0 Å². The molecular formula is C24H29ClN4. The van der Waals surface area contributed by atoms with E-state index in [1.165, 1.54) is 36.9 Å². The van der Waals surface area contributed by atoms with Crippen molar-refractivity contribution < 1.29 is 0 Å². The SMILES string of the molecule is CN(C)c1ccc(CNC2CCC(Nc3ccnc4cc(Cl)ccc34)CC2)cc1. The molecule has 29 heavy (non-hydrogen) atoms. The Labute approximate surface area is 178 Å². The summed E-state index contributed by atoms with van der Waals surface area (Å²) in [4.78, 5) is 6.57. The van der Waals surface area contributed by atoms with Crippen molar-refractivity contribution in [2.24, 2.45) is 0 Å². The van der Waals surface area contributed by atoms with Crippen LogP contribution in [0, 0.1) is 0 Å². The number of aromatic nitrogens is 1. The molecule has 0 atom stereocenters. The second-order valence-electron chi connectivity index (χ2n) is 8.15. The lowest BCUT2D eigenvalue weighted by atomic mass is 9.90. The lowest BCUT2D eigenvalue weighted by molar-refractivity contribution is 0.353. The predicted molar refractivity (Wildman–Crippen MR) is 124 cm³/mol. The number of hydrogen-bond donors (Lipinski definition) is 2. The third kappa shape index (κ3) is 5.01. The molecule has 0 radical (unpaired) electrons. The first-order chi connectivity index (χ1) is 14.1. The summed E-state index contributed by atoms with van der Waals surface area (Å²) in [5.74, 6) is 0. The molecule has 2 aromatic carbocycles. The minimum absolute atomic E-state index is 0.508. The Bertz CT molecular complexity index is 947. The molecule has 1 fully saturated rings. The first-order valence-electron chi connectivity index (χ1n) is 10.4. The van der Waals surface area contributed by atoms with Crippen molar-refractivity contribution in [3.8, 4) is 0 Å². The Hall–Kier alpha value is -2.30. The Morgan fingerprint density at radius 2 is 1.69 bits per heavy atom. The summed E-state index contributed by atoms with van der Waals surface area (Å²) in [6, 6.07) is 17.9. The summed E-state index contributed by atoms with van der Waals surface area (Å²) in [7, 11) is 4.15. The second-order valence-corrected chi connectivity index (χ2v) is 8.59. The van der Waals surface area contributed by atoms with Crippen LogP contribution in [0.25, 0.3) is 10.9 Å². The molecule has 3 aromatic rings. The van der Waals surface area contributed by atoms with Crippen LogP contribution in [-0.4, -0.2) is 31.2 Å². The van der Waals surface area contributed by atoms with Gasteiger partial charge in [-0.1, -0.05) is 23.7 Å². The van der Waals surface area contributed by atoms with Gasteiger partial charge in [0.1, 0.15) is 0 Å². The fraction of sp³-hybridized carbons (Fsp3) is 0.375. The average Bonchev–Trinajstić information content (AvgIpc) is 2.73. The number of nitrogens with one attached hydrogen (secondary N) is 2. The highest BCUT2D eigenvalue weighted by molar-refractivity contribution is 6.31. The maximum absolute atomic E-state index is 6.10. The zero-order valence-electron chi connectivity index (χ0n) is 17.2. The van der Waals surface area contributed by atoms with Crippen LogP contribution in [0.5, 0.6) is 0 Å². The third-order valence-electron chi connectivity index (χ3n) is 5.84. The van der Waals surface area contributed by atoms with Crippen molar-refractivity contribution in [2.45, 2.75) is 44.3 Å². The van der Waals surface area contributed by atoms with E-state index < -0.39 is 0 Å². The molecular weight excluding hydrogens is 380 g/mol. The van der Waals surface area contributed by atoms with Gasteiger partial charge in [-0.3, -0.25) is 4.98 Å². The maximum Gasteiger partial charge on any atom is 0.0737 e. The monoisotopic (exact) mass is 408 g/mol. The molecule has 0 aliphatic heterocycles. The molecule has 1 aliphatic carbocycles. The van der Waals surface area contributed by atoms with Crippen LogP contribution in [0.3, 0.4) is 0 Å². The minimum Gasteiger partial charge on any atom is -0.382 e. The molecule has 1 saturated carbocycles. The lowest BCUT2D eigenvalue weighted by Crippen LogP contribution is -2.36. The van der Waals surface area contributed by atoms with Crippen molar-refractivity contribution in [1.82, 2.24) is 10.3 Å². The normalized spacial score (nSPS) is 19.3. The molecule has 4 nitrogen and oxygen atoms in total. The number of anilines is 2. The fourth-order valence-corrected chi connectivity index (χ4v) is 4.25. The van der Waals surface area contributed by atoms with Crippen molar-refractivity contribution in [3.05, 3.63) is 65.3 Å². The molecule has 1 aromatic heterocycles. The summed E-state index contributed by atoms with van der Waals surface area (Å²) in [6.07, 6.45) is 6.60. The summed E-state index contributed by atoms with van der Waals surface area (Å²) >= 11 is 6.10. The molecule has 5 heteroatoms. The van der Waals surface area contributed by atoms with Crippen LogP contribution in [0.15, 0.2) is 54.7 Å². The topological polar surface area (TPSA) is 40.2 Å². The maximum atomic E-state index is 6.10. The zero-order valence-corrected chi connectivity index (χ0v) is 17.9. The van der Waals surface area contributed by atoms with Crippen LogP contribution in [0.2, 0.25) is 5.02 Å². The minimum atomic E-state index is 0.508. The van der Waals surface area contributed by atoms with Gasteiger partial charge in [0.15, 0.2) is 0 Å². The predicted octanol–water partition coefficient (Wildman–Crippen LogP) is 5.47. The Morgan fingerprint density at radius 1 is 0.966 bits per heavy atom. The van der Waals surface area contributed by atoms with Crippen LogP contribution < -0.4 is 15.5 Å². The van der Waals surface area contributed by atoms with Crippen LogP contribution in [0.1, 0.15) is 31.2 Å². The van der Waals surface area contributed by atoms with Gasteiger partial charge in [0.05, 0.1) is 5.52 Å². The van der Waals surface area contributed by atoms with E-state index in [1.54, 1.807) is 0 Å². The van der Waals surface area contributed by atoms with E-state index in [-0.39, 0.29) is 0 Å². The number of halogens is 1. The van der Waals surface area contributed by atoms with Crippen molar-refractivity contribution in [3.63, 3.8) is 0 Å². The van der Waals surface area contributed by atoms with Gasteiger partial charge in [0.25, 0.3) is 0 Å². The number of nitrogens with zero attached hydrogens (tertiary/aromatic N) is 2. The summed E-state index contributed by atoms with van der Waals surface area (Å²) in [5.41, 5.74) is 4.69. The van der Waals surface area contributed by atoms with Crippen molar-refractivity contribution >= 4 is 33.9 Å². The van der Waals surface area contributed by atoms with Gasteiger partial charge in [-0.05, 0) is 67.6 Å². The highest BCUT2D eigenvalue weighted by Crippen LogP contribution is 2.28. The Kier molecular flexibility index (Phi) is 6.22. The molecule has 0 bridgehead atoms. The largest absolute Gasteiger partial charge is 0.382 e. The number of benzene rings is 2. The molecule has 152 valence electrons. The number of fused-ring (bicyclic) bond motifs is 1. The molecule has 1 heterocycles. The van der Waals surface area contributed by atoms with Gasteiger partial charge in [-0.25, -0.2) is 0 Å². The van der Waals surface area contributed by atoms with E-state index >= 15 is 0 Å². The molecule has 1 aliphatic rings. The van der Waals surface area contributed by atoms with E-state index in [9.17, 15) is 0 Å². The molecule has 0 unspecified atom stereocenters. The van der Waals surface area contributed by atoms with E-state index in [4.69, 9.17) is 11.6 Å². The molecule has 4 rings (SSSR count). The van der Waals surface area contributed by atoms with Gasteiger partial charge < -0.3 is 15.5 Å². The molecule has 0 spiro atoms. The van der Waals surface area contributed by atoms with E-state index in [0.717, 1.165) is 28.2 Å². The Balaban J connectivity index is 1.29. The zero-order chi connectivity index (χ0) is 20.2. The van der Waals surface area contributed by atoms with Gasteiger partial charge in [-0.15, -0.1) is 0 Å². The molecule has 0 amide bonds. The summed E-state index contributed by atoms with van der Waals surface area (Å²) in [6.45, 7) is 0.937. The van der Waals surface area contributed by atoms with E-state index in [0.29, 0.717) is 12.1 Å². The molecule has 0 saturated heterocycles. The quantitative estimate of drug-likeness (QED) is 0.567. The highest BCUT2D eigenvalue weighted by atomic mass is 35.5. The molecule has 2 N–H and O–H groups in total. The van der Waals surface area contributed by atoms with Gasteiger partial charge >= 0.3 is 0 Å². The number of hydrogen-bond acceptors (Lipinski definition) is 4. The summed E-state index contributed by atoms with van der Waals surface area (Å²) < 4.78 is 0. The summed E-state index contributed by atoms with van der Waals surface area (Å²) in [5, 5.41) is 9.34. The van der Waals surface area contributed by atoms with Crippen molar-refractivity contribution in [2.75, 3.05) is 24.3 Å².